The van der Waals surface area contributed by atoms with Crippen LogP contribution in [0.5, 0.6) is 5.75 Å². The molecule has 11 heteroatoms. The Morgan fingerprint density at radius 1 is 0.977 bits per heavy atom. The summed E-state index contributed by atoms with van der Waals surface area (Å²) in [5.74, 6) is 0.188. The van der Waals surface area contributed by atoms with Crippen LogP contribution in [0.3, 0.4) is 0 Å². The number of hydrogen-bond acceptors (Lipinski definition) is 5. The van der Waals surface area contributed by atoms with Crippen LogP contribution in [0, 0.1) is 0 Å². The van der Waals surface area contributed by atoms with Crippen LogP contribution < -0.4 is 14.4 Å². The molecule has 236 valence electrons. The molecule has 0 aliphatic heterocycles. The van der Waals surface area contributed by atoms with Crippen molar-refractivity contribution >= 4 is 50.7 Å². The molecular weight excluding hydrogens is 621 g/mol. The third-order valence-corrected chi connectivity index (χ3v) is 9.52. The fraction of sp³-hybridized carbons (Fsp3) is 0.394. The minimum Gasteiger partial charge on any atom is -0.497 e. The lowest BCUT2D eigenvalue weighted by Gasteiger charge is -2.33. The quantitative estimate of drug-likeness (QED) is 0.221. The van der Waals surface area contributed by atoms with E-state index in [1.54, 1.807) is 18.1 Å². The van der Waals surface area contributed by atoms with Gasteiger partial charge in [0.15, 0.2) is 0 Å². The second-order valence-electron chi connectivity index (χ2n) is 11.1. The number of anilines is 1. The van der Waals surface area contributed by atoms with E-state index in [0.29, 0.717) is 17.2 Å². The Morgan fingerprint density at radius 3 is 2.36 bits per heavy atom. The summed E-state index contributed by atoms with van der Waals surface area (Å²) in [5.41, 5.74) is 1.99. The fourth-order valence-corrected chi connectivity index (χ4v) is 6.95. The third-order valence-electron chi connectivity index (χ3n) is 7.79. The molecule has 4 rings (SSSR count). The standard InChI is InChI=1S/C33H39Cl2N3O5S/c1-43-28-15-8-12-25(20-28)23-37(31(21-24-10-4-3-5-11-24)33(40)36-27-13-6-7-14-27)32(39)16-9-19-38(44(2,41)42)30-22-26(34)17-18-29(30)35/h3-5,8,10-12,15,17-18,20,22,27,31H,6-7,9,13-14,16,19,21,23H2,1-2H3,(H,36,40)/t31-/m1/s1. The summed E-state index contributed by atoms with van der Waals surface area (Å²) in [6, 6.07) is 21.0. The summed E-state index contributed by atoms with van der Waals surface area (Å²) >= 11 is 12.5. The van der Waals surface area contributed by atoms with E-state index < -0.39 is 16.1 Å². The molecule has 3 aromatic rings. The van der Waals surface area contributed by atoms with Crippen LogP contribution >= 0.6 is 23.2 Å². The largest absolute Gasteiger partial charge is 0.497 e. The number of benzene rings is 3. The molecule has 0 aromatic heterocycles. The van der Waals surface area contributed by atoms with Crippen molar-refractivity contribution in [3.05, 3.63) is 94.0 Å². The van der Waals surface area contributed by atoms with Crippen LogP contribution in [0.4, 0.5) is 5.69 Å². The predicted molar refractivity (Wildman–Crippen MR) is 176 cm³/mol. The van der Waals surface area contributed by atoms with Crippen molar-refractivity contribution < 1.29 is 22.7 Å². The Morgan fingerprint density at radius 2 is 1.68 bits per heavy atom. The predicted octanol–water partition coefficient (Wildman–Crippen LogP) is 6.25. The zero-order valence-corrected chi connectivity index (χ0v) is 27.4. The van der Waals surface area contributed by atoms with E-state index in [1.165, 1.54) is 12.1 Å². The van der Waals surface area contributed by atoms with Gasteiger partial charge in [0.2, 0.25) is 21.8 Å². The van der Waals surface area contributed by atoms with E-state index in [2.05, 4.69) is 5.32 Å². The van der Waals surface area contributed by atoms with Crippen LogP contribution in [0.15, 0.2) is 72.8 Å². The van der Waals surface area contributed by atoms with E-state index in [0.717, 1.165) is 47.4 Å². The third kappa shape index (κ3) is 9.36. The number of halogens is 2. The smallest absolute Gasteiger partial charge is 0.243 e. The number of methoxy groups -OCH3 is 1. The maximum Gasteiger partial charge on any atom is 0.243 e. The summed E-state index contributed by atoms with van der Waals surface area (Å²) in [4.78, 5) is 29.6. The van der Waals surface area contributed by atoms with E-state index >= 15 is 0 Å². The Kier molecular flexibility index (Phi) is 11.9. The molecule has 0 radical (unpaired) electrons. The first-order valence-electron chi connectivity index (χ1n) is 14.7. The minimum absolute atomic E-state index is 0.00918. The van der Waals surface area contributed by atoms with Crippen LogP contribution in [-0.2, 0) is 32.6 Å². The molecule has 1 N–H and O–H groups in total. The molecule has 3 aromatic carbocycles. The lowest BCUT2D eigenvalue weighted by molar-refractivity contribution is -0.141. The number of sulfonamides is 1. The number of rotatable bonds is 14. The highest BCUT2D eigenvalue weighted by atomic mass is 35.5. The first kappa shape index (κ1) is 33.6. The molecule has 1 atom stereocenters. The van der Waals surface area contributed by atoms with Crippen molar-refractivity contribution in [3.63, 3.8) is 0 Å². The van der Waals surface area contributed by atoms with E-state index in [4.69, 9.17) is 27.9 Å². The minimum atomic E-state index is -3.73. The van der Waals surface area contributed by atoms with Gasteiger partial charge in [0, 0.05) is 37.0 Å². The van der Waals surface area contributed by atoms with Gasteiger partial charge in [-0.05, 0) is 60.7 Å². The number of ether oxygens (including phenoxy) is 1. The van der Waals surface area contributed by atoms with Gasteiger partial charge in [-0.15, -0.1) is 0 Å². The molecule has 1 aliphatic carbocycles. The SMILES string of the molecule is COc1cccc(CN(C(=O)CCCN(c2cc(Cl)ccc2Cl)S(C)(=O)=O)[C@H](Cc2ccccc2)C(=O)NC2CCCC2)c1. The second-order valence-corrected chi connectivity index (χ2v) is 13.9. The summed E-state index contributed by atoms with van der Waals surface area (Å²) in [6.45, 7) is 0.191. The van der Waals surface area contributed by atoms with Crippen LogP contribution in [0.2, 0.25) is 10.0 Å². The van der Waals surface area contributed by atoms with Crippen molar-refractivity contribution in [1.82, 2.24) is 10.2 Å². The van der Waals surface area contributed by atoms with E-state index in [-0.39, 0.29) is 54.5 Å². The highest BCUT2D eigenvalue weighted by Crippen LogP contribution is 2.31. The Hall–Kier alpha value is -3.27. The number of carbonyl (C=O) groups is 2. The van der Waals surface area contributed by atoms with Crippen molar-refractivity contribution in [1.29, 1.82) is 0 Å². The van der Waals surface area contributed by atoms with Gasteiger partial charge in [-0.1, -0.05) is 78.5 Å². The molecule has 1 saturated carbocycles. The molecule has 44 heavy (non-hydrogen) atoms. The van der Waals surface area contributed by atoms with Crippen LogP contribution in [-0.4, -0.2) is 57.1 Å². The van der Waals surface area contributed by atoms with Crippen LogP contribution in [0.25, 0.3) is 0 Å². The lowest BCUT2D eigenvalue weighted by atomic mass is 10.0. The average molecular weight is 661 g/mol. The Bertz CT molecular complexity index is 1530. The Labute approximate surface area is 270 Å². The first-order valence-corrected chi connectivity index (χ1v) is 17.3. The van der Waals surface area contributed by atoms with Gasteiger partial charge < -0.3 is 15.0 Å². The number of nitrogens with one attached hydrogen (secondary N) is 1. The number of nitrogens with zero attached hydrogens (tertiary/aromatic N) is 2. The van der Waals surface area contributed by atoms with Gasteiger partial charge in [-0.3, -0.25) is 13.9 Å². The maximum atomic E-state index is 14.1. The first-order chi connectivity index (χ1) is 21.0. The normalized spacial score (nSPS) is 14.2. The highest BCUT2D eigenvalue weighted by Gasteiger charge is 2.32. The average Bonchev–Trinajstić information content (AvgIpc) is 3.51. The van der Waals surface area contributed by atoms with Gasteiger partial charge in [0.1, 0.15) is 11.8 Å². The molecule has 0 heterocycles. The lowest BCUT2D eigenvalue weighted by Crippen LogP contribution is -2.52. The molecule has 0 saturated heterocycles. The molecule has 2 amide bonds. The number of amides is 2. The molecule has 0 unspecified atom stereocenters. The Balaban J connectivity index is 1.61. The summed E-state index contributed by atoms with van der Waals surface area (Å²) in [6.07, 6.45) is 5.60. The molecule has 1 fully saturated rings. The van der Waals surface area contributed by atoms with E-state index in [1.807, 2.05) is 54.6 Å². The van der Waals surface area contributed by atoms with Crippen molar-refractivity contribution in [2.24, 2.45) is 0 Å². The summed E-state index contributed by atoms with van der Waals surface area (Å²) < 4.78 is 32.0. The molecule has 0 bridgehead atoms. The zero-order chi connectivity index (χ0) is 31.7. The summed E-state index contributed by atoms with van der Waals surface area (Å²) in [5, 5.41) is 3.77. The monoisotopic (exact) mass is 659 g/mol. The van der Waals surface area contributed by atoms with Crippen molar-refractivity contribution in [2.45, 2.75) is 63.6 Å². The molecule has 1 aliphatic rings. The topological polar surface area (TPSA) is 96.0 Å². The zero-order valence-electron chi connectivity index (χ0n) is 25.0. The van der Waals surface area contributed by atoms with Crippen LogP contribution in [0.1, 0.15) is 49.7 Å². The summed E-state index contributed by atoms with van der Waals surface area (Å²) in [7, 11) is -2.15. The van der Waals surface area contributed by atoms with Gasteiger partial charge in [-0.2, -0.15) is 0 Å². The number of carbonyl (C=O) groups excluding carboxylic acids is 2. The van der Waals surface area contributed by atoms with Gasteiger partial charge in [0.25, 0.3) is 0 Å². The van der Waals surface area contributed by atoms with Gasteiger partial charge in [0.05, 0.1) is 24.1 Å². The molecule has 0 spiro atoms. The number of hydrogen-bond donors (Lipinski definition) is 1. The second kappa shape index (κ2) is 15.6. The van der Waals surface area contributed by atoms with Gasteiger partial charge >= 0.3 is 0 Å². The van der Waals surface area contributed by atoms with Crippen molar-refractivity contribution in [2.75, 3.05) is 24.2 Å². The molecule has 8 nitrogen and oxygen atoms in total. The fourth-order valence-electron chi connectivity index (χ4n) is 5.55. The molecular formula is C33H39Cl2N3O5S. The maximum absolute atomic E-state index is 14.1. The van der Waals surface area contributed by atoms with Gasteiger partial charge in [-0.25, -0.2) is 8.42 Å². The highest BCUT2D eigenvalue weighted by molar-refractivity contribution is 7.92. The van der Waals surface area contributed by atoms with Crippen molar-refractivity contribution in [3.8, 4) is 5.75 Å². The van der Waals surface area contributed by atoms with E-state index in [9.17, 15) is 18.0 Å².